The van der Waals surface area contributed by atoms with Gasteiger partial charge in [-0.05, 0) is 12.1 Å². The Morgan fingerprint density at radius 3 is 2.31 bits per heavy atom. The zero-order valence-electron chi connectivity index (χ0n) is 7.65. The molecule has 0 unspecified atom stereocenters. The highest BCUT2D eigenvalue weighted by Gasteiger charge is 1.98. The second kappa shape index (κ2) is 5.20. The van der Waals surface area contributed by atoms with E-state index in [9.17, 15) is 0 Å². The standard InChI is InChI=1S/C12H14O/c1-3-11(4-2)10-13-12-8-6-5-7-9-12/h3-9,11H,1-2,10H2. The maximum atomic E-state index is 5.51. The Kier molecular flexibility index (Phi) is 3.83. The van der Waals surface area contributed by atoms with Gasteiger partial charge in [0, 0.05) is 5.92 Å². The highest BCUT2D eigenvalue weighted by molar-refractivity contribution is 5.21. The van der Waals surface area contributed by atoms with E-state index in [4.69, 9.17) is 4.74 Å². The van der Waals surface area contributed by atoms with Gasteiger partial charge in [0.25, 0.3) is 0 Å². The summed E-state index contributed by atoms with van der Waals surface area (Å²) in [5, 5.41) is 0. The second-order valence-corrected chi connectivity index (χ2v) is 2.76. The number of ether oxygens (including phenoxy) is 1. The molecule has 0 fully saturated rings. The largest absolute Gasteiger partial charge is 0.493 e. The van der Waals surface area contributed by atoms with Crippen LogP contribution in [0.25, 0.3) is 0 Å². The van der Waals surface area contributed by atoms with Crippen molar-refractivity contribution in [3.05, 3.63) is 55.6 Å². The molecular formula is C12H14O. The van der Waals surface area contributed by atoms with Gasteiger partial charge >= 0.3 is 0 Å². The van der Waals surface area contributed by atoms with Crippen molar-refractivity contribution in [2.75, 3.05) is 6.61 Å². The van der Waals surface area contributed by atoms with Crippen LogP contribution in [0, 0.1) is 5.92 Å². The normalized spacial score (nSPS) is 9.62. The topological polar surface area (TPSA) is 9.23 Å². The fourth-order valence-corrected chi connectivity index (χ4v) is 0.941. The minimum Gasteiger partial charge on any atom is -0.493 e. The Balaban J connectivity index is 2.42. The van der Waals surface area contributed by atoms with E-state index in [1.807, 2.05) is 42.5 Å². The van der Waals surface area contributed by atoms with E-state index in [-0.39, 0.29) is 5.92 Å². The van der Waals surface area contributed by atoms with Crippen molar-refractivity contribution in [3.8, 4) is 5.75 Å². The summed E-state index contributed by atoms with van der Waals surface area (Å²) >= 11 is 0. The summed E-state index contributed by atoms with van der Waals surface area (Å²) in [5.74, 6) is 1.11. The van der Waals surface area contributed by atoms with Crippen molar-refractivity contribution < 1.29 is 4.74 Å². The van der Waals surface area contributed by atoms with Crippen LogP contribution in [0.2, 0.25) is 0 Å². The third-order valence-electron chi connectivity index (χ3n) is 1.79. The summed E-state index contributed by atoms with van der Waals surface area (Å²) in [5.41, 5.74) is 0. The van der Waals surface area contributed by atoms with Crippen molar-refractivity contribution in [2.24, 2.45) is 5.92 Å². The second-order valence-electron chi connectivity index (χ2n) is 2.76. The van der Waals surface area contributed by atoms with Crippen molar-refractivity contribution in [3.63, 3.8) is 0 Å². The van der Waals surface area contributed by atoms with Gasteiger partial charge < -0.3 is 4.74 Å². The van der Waals surface area contributed by atoms with E-state index >= 15 is 0 Å². The first kappa shape index (κ1) is 9.59. The van der Waals surface area contributed by atoms with Crippen LogP contribution < -0.4 is 4.74 Å². The molecule has 68 valence electrons. The molecule has 0 saturated heterocycles. The van der Waals surface area contributed by atoms with E-state index in [1.54, 1.807) is 0 Å². The molecule has 1 nitrogen and oxygen atoms in total. The number of rotatable bonds is 5. The van der Waals surface area contributed by atoms with Gasteiger partial charge in [-0.2, -0.15) is 0 Å². The Morgan fingerprint density at radius 1 is 1.15 bits per heavy atom. The average molecular weight is 174 g/mol. The molecule has 0 N–H and O–H groups in total. The summed E-state index contributed by atoms with van der Waals surface area (Å²) in [4.78, 5) is 0. The van der Waals surface area contributed by atoms with Gasteiger partial charge in [0.15, 0.2) is 0 Å². The molecule has 1 heteroatoms. The molecule has 0 radical (unpaired) electrons. The summed E-state index contributed by atoms with van der Waals surface area (Å²) in [6, 6.07) is 9.73. The zero-order valence-corrected chi connectivity index (χ0v) is 7.65. The highest BCUT2D eigenvalue weighted by Crippen LogP contribution is 2.10. The molecule has 0 aromatic heterocycles. The minimum absolute atomic E-state index is 0.222. The summed E-state index contributed by atoms with van der Waals surface area (Å²) in [6.07, 6.45) is 3.66. The molecule has 0 aliphatic carbocycles. The predicted octanol–water partition coefficient (Wildman–Crippen LogP) is 3.05. The van der Waals surface area contributed by atoms with Crippen LogP contribution in [0.1, 0.15) is 0 Å². The van der Waals surface area contributed by atoms with Crippen molar-refractivity contribution in [1.82, 2.24) is 0 Å². The first-order valence-electron chi connectivity index (χ1n) is 4.29. The minimum atomic E-state index is 0.222. The molecule has 1 rings (SSSR count). The van der Waals surface area contributed by atoms with Gasteiger partial charge in [-0.1, -0.05) is 30.4 Å². The molecule has 0 aliphatic rings. The quantitative estimate of drug-likeness (QED) is 0.623. The third kappa shape index (κ3) is 3.16. The monoisotopic (exact) mass is 174 g/mol. The molecular weight excluding hydrogens is 160 g/mol. The Labute approximate surface area is 79.4 Å². The van der Waals surface area contributed by atoms with Gasteiger partial charge in [-0.3, -0.25) is 0 Å². The van der Waals surface area contributed by atoms with Crippen LogP contribution in [0.4, 0.5) is 0 Å². The molecule has 0 saturated carbocycles. The molecule has 0 heterocycles. The molecule has 0 atom stereocenters. The van der Waals surface area contributed by atoms with Crippen molar-refractivity contribution >= 4 is 0 Å². The predicted molar refractivity (Wildman–Crippen MR) is 55.8 cm³/mol. The SMILES string of the molecule is C=CC(C=C)COc1ccccc1. The van der Waals surface area contributed by atoms with Gasteiger partial charge in [-0.15, -0.1) is 13.2 Å². The summed E-state index contributed by atoms with van der Waals surface area (Å²) in [6.45, 7) is 7.99. The van der Waals surface area contributed by atoms with E-state index in [0.717, 1.165) is 5.75 Å². The van der Waals surface area contributed by atoms with Gasteiger partial charge in [0.2, 0.25) is 0 Å². The number of hydrogen-bond acceptors (Lipinski definition) is 1. The summed E-state index contributed by atoms with van der Waals surface area (Å²) < 4.78 is 5.51. The Morgan fingerprint density at radius 2 is 1.77 bits per heavy atom. The lowest BCUT2D eigenvalue weighted by Gasteiger charge is -2.09. The van der Waals surface area contributed by atoms with E-state index in [1.165, 1.54) is 0 Å². The van der Waals surface area contributed by atoms with Gasteiger partial charge in [0.05, 0.1) is 6.61 Å². The van der Waals surface area contributed by atoms with Gasteiger partial charge in [-0.25, -0.2) is 0 Å². The van der Waals surface area contributed by atoms with Crippen molar-refractivity contribution in [1.29, 1.82) is 0 Å². The van der Waals surface area contributed by atoms with Crippen LogP contribution >= 0.6 is 0 Å². The van der Waals surface area contributed by atoms with Crippen LogP contribution in [0.3, 0.4) is 0 Å². The van der Waals surface area contributed by atoms with Crippen LogP contribution in [-0.4, -0.2) is 6.61 Å². The average Bonchev–Trinajstić information content (AvgIpc) is 2.21. The number of benzene rings is 1. The summed E-state index contributed by atoms with van der Waals surface area (Å²) in [7, 11) is 0. The first-order chi connectivity index (χ1) is 6.36. The van der Waals surface area contributed by atoms with Gasteiger partial charge in [0.1, 0.15) is 5.75 Å². The van der Waals surface area contributed by atoms with E-state index < -0.39 is 0 Å². The maximum Gasteiger partial charge on any atom is 0.119 e. The lowest BCUT2D eigenvalue weighted by atomic mass is 10.1. The van der Waals surface area contributed by atoms with Crippen molar-refractivity contribution in [2.45, 2.75) is 0 Å². The zero-order chi connectivity index (χ0) is 9.52. The first-order valence-corrected chi connectivity index (χ1v) is 4.29. The third-order valence-corrected chi connectivity index (χ3v) is 1.79. The highest BCUT2D eigenvalue weighted by atomic mass is 16.5. The number of para-hydroxylation sites is 1. The lowest BCUT2D eigenvalue weighted by Crippen LogP contribution is -2.06. The van der Waals surface area contributed by atoms with E-state index in [2.05, 4.69) is 13.2 Å². The Hall–Kier alpha value is -1.50. The molecule has 0 amide bonds. The fraction of sp³-hybridized carbons (Fsp3) is 0.167. The molecule has 0 aliphatic heterocycles. The van der Waals surface area contributed by atoms with Crippen LogP contribution in [0.5, 0.6) is 5.75 Å². The van der Waals surface area contributed by atoms with Crippen LogP contribution in [0.15, 0.2) is 55.6 Å². The lowest BCUT2D eigenvalue weighted by molar-refractivity contribution is 0.297. The molecule has 0 spiro atoms. The molecule has 13 heavy (non-hydrogen) atoms. The Bertz CT molecular complexity index is 256. The fourth-order valence-electron chi connectivity index (χ4n) is 0.941. The number of hydrogen-bond donors (Lipinski definition) is 0. The van der Waals surface area contributed by atoms with E-state index in [0.29, 0.717) is 6.61 Å². The molecule has 0 bridgehead atoms. The maximum absolute atomic E-state index is 5.51. The molecule has 1 aromatic carbocycles. The molecule has 1 aromatic rings. The smallest absolute Gasteiger partial charge is 0.119 e. The van der Waals surface area contributed by atoms with Crippen LogP contribution in [-0.2, 0) is 0 Å².